The van der Waals surface area contributed by atoms with Gasteiger partial charge in [0.1, 0.15) is 5.75 Å². The molecule has 22 heavy (non-hydrogen) atoms. The van der Waals surface area contributed by atoms with E-state index >= 15 is 0 Å². The van der Waals surface area contributed by atoms with Crippen molar-refractivity contribution in [2.45, 2.75) is 26.3 Å². The summed E-state index contributed by atoms with van der Waals surface area (Å²) in [7, 11) is 0. The molecule has 1 aliphatic heterocycles. The van der Waals surface area contributed by atoms with Crippen molar-refractivity contribution in [2.24, 2.45) is 0 Å². The molecule has 2 aromatic heterocycles. The van der Waals surface area contributed by atoms with Gasteiger partial charge in [0.05, 0.1) is 18.4 Å². The maximum absolute atomic E-state index is 5.51. The molecule has 3 heterocycles. The monoisotopic (exact) mass is 296 g/mol. The molecule has 0 radical (unpaired) electrons. The van der Waals surface area contributed by atoms with E-state index in [1.165, 1.54) is 5.56 Å². The summed E-state index contributed by atoms with van der Waals surface area (Å²) < 4.78 is 12.8. The van der Waals surface area contributed by atoms with Crippen molar-refractivity contribution in [2.75, 3.05) is 6.61 Å². The molecule has 0 atom stereocenters. The molecule has 0 bridgehead atoms. The average molecular weight is 296 g/mol. The lowest BCUT2D eigenvalue weighted by Crippen LogP contribution is -1.99. The first-order valence-electron chi connectivity index (χ1n) is 7.35. The molecule has 0 saturated carbocycles. The minimum atomic E-state index is 0.299. The lowest BCUT2D eigenvalue weighted by molar-refractivity contribution is 0.357. The summed E-state index contributed by atoms with van der Waals surface area (Å²) in [6, 6.07) is 6.28. The molecule has 4 rings (SSSR count). The molecule has 0 aliphatic carbocycles. The Kier molecular flexibility index (Phi) is 2.96. The van der Waals surface area contributed by atoms with E-state index in [1.54, 1.807) is 6.20 Å². The number of hydrogen-bond acceptors (Lipinski definition) is 5. The number of fused-ring (bicyclic) bond motifs is 1. The van der Waals surface area contributed by atoms with Gasteiger partial charge in [0.25, 0.3) is 5.89 Å². The highest BCUT2D eigenvalue weighted by atomic mass is 16.5. The molecule has 1 aliphatic rings. The topological polar surface area (TPSA) is 66.0 Å². The Hall–Kier alpha value is -2.63. The molecule has 0 N–H and O–H groups in total. The first kappa shape index (κ1) is 13.1. The summed E-state index contributed by atoms with van der Waals surface area (Å²) in [4.78, 5) is 4.48. The second kappa shape index (κ2) is 4.98. The van der Waals surface area contributed by atoms with E-state index in [0.717, 1.165) is 29.9 Å². The van der Waals surface area contributed by atoms with Gasteiger partial charge in [-0.15, -0.1) is 0 Å². The molecule has 0 unspecified atom stereocenters. The molecule has 0 fully saturated rings. The molecule has 0 saturated heterocycles. The summed E-state index contributed by atoms with van der Waals surface area (Å²) in [5.74, 6) is 2.02. The summed E-state index contributed by atoms with van der Waals surface area (Å²) in [5, 5.41) is 8.37. The molecule has 1 aromatic carbocycles. The van der Waals surface area contributed by atoms with Gasteiger partial charge in [-0.3, -0.25) is 4.68 Å². The third-order valence-corrected chi connectivity index (χ3v) is 3.75. The maximum atomic E-state index is 5.51. The Bertz CT molecular complexity index is 819. The Morgan fingerprint density at radius 1 is 1.23 bits per heavy atom. The smallest absolute Gasteiger partial charge is 0.261 e. The largest absolute Gasteiger partial charge is 0.493 e. The van der Waals surface area contributed by atoms with Crippen LogP contribution >= 0.6 is 0 Å². The van der Waals surface area contributed by atoms with E-state index < -0.39 is 0 Å². The van der Waals surface area contributed by atoms with Crippen molar-refractivity contribution in [3.05, 3.63) is 36.2 Å². The zero-order valence-electron chi connectivity index (χ0n) is 12.5. The van der Waals surface area contributed by atoms with E-state index in [9.17, 15) is 0 Å². The molecular weight excluding hydrogens is 280 g/mol. The van der Waals surface area contributed by atoms with Crippen LogP contribution in [0.4, 0.5) is 0 Å². The fourth-order valence-electron chi connectivity index (χ4n) is 2.51. The Balaban J connectivity index is 1.66. The first-order chi connectivity index (χ1) is 10.7. The van der Waals surface area contributed by atoms with Gasteiger partial charge in [-0.25, -0.2) is 0 Å². The molecule has 6 nitrogen and oxygen atoms in total. The molecule has 112 valence electrons. The predicted octanol–water partition coefficient (Wildman–Crippen LogP) is 3.12. The van der Waals surface area contributed by atoms with E-state index in [4.69, 9.17) is 9.26 Å². The van der Waals surface area contributed by atoms with Gasteiger partial charge in [-0.05, 0) is 37.6 Å². The SMILES string of the molecule is CC(C)n1cc(-c2nc(-c3ccc4c(c3)CCO4)no2)cn1. The predicted molar refractivity (Wildman–Crippen MR) is 80.5 cm³/mol. The van der Waals surface area contributed by atoms with Crippen molar-refractivity contribution >= 4 is 0 Å². The van der Waals surface area contributed by atoms with E-state index in [1.807, 2.05) is 23.0 Å². The van der Waals surface area contributed by atoms with Crippen molar-refractivity contribution in [3.63, 3.8) is 0 Å². The van der Waals surface area contributed by atoms with Gasteiger partial charge in [-0.1, -0.05) is 5.16 Å². The summed E-state index contributed by atoms with van der Waals surface area (Å²) in [6.45, 7) is 4.88. The number of hydrogen-bond donors (Lipinski definition) is 0. The van der Waals surface area contributed by atoms with Crippen LogP contribution in [0.5, 0.6) is 5.75 Å². The van der Waals surface area contributed by atoms with Gasteiger partial charge >= 0.3 is 0 Å². The van der Waals surface area contributed by atoms with Gasteiger partial charge in [0, 0.05) is 24.2 Å². The van der Waals surface area contributed by atoms with E-state index in [2.05, 4.69) is 35.2 Å². The standard InChI is InChI=1S/C16H16N4O2/c1-10(2)20-9-13(8-17-20)16-18-15(19-22-16)12-3-4-14-11(7-12)5-6-21-14/h3-4,7-10H,5-6H2,1-2H3. The second-order valence-corrected chi connectivity index (χ2v) is 5.65. The van der Waals surface area contributed by atoms with Crippen molar-refractivity contribution < 1.29 is 9.26 Å². The van der Waals surface area contributed by atoms with Crippen LogP contribution < -0.4 is 4.74 Å². The minimum absolute atomic E-state index is 0.299. The quantitative estimate of drug-likeness (QED) is 0.743. The summed E-state index contributed by atoms with van der Waals surface area (Å²) in [5.41, 5.74) is 2.96. The highest BCUT2D eigenvalue weighted by Gasteiger charge is 2.17. The number of nitrogens with zero attached hydrogens (tertiary/aromatic N) is 4. The van der Waals surface area contributed by atoms with Gasteiger partial charge in [-0.2, -0.15) is 10.1 Å². The highest BCUT2D eigenvalue weighted by Crippen LogP contribution is 2.30. The van der Waals surface area contributed by atoms with Crippen LogP contribution in [0.25, 0.3) is 22.8 Å². The molecule has 0 spiro atoms. The Labute approximate surface area is 127 Å². The zero-order valence-corrected chi connectivity index (χ0v) is 12.5. The first-order valence-corrected chi connectivity index (χ1v) is 7.35. The van der Waals surface area contributed by atoms with Crippen LogP contribution in [0.1, 0.15) is 25.5 Å². The Morgan fingerprint density at radius 3 is 2.95 bits per heavy atom. The van der Waals surface area contributed by atoms with Crippen LogP contribution in [-0.4, -0.2) is 26.5 Å². The Morgan fingerprint density at radius 2 is 2.14 bits per heavy atom. The van der Waals surface area contributed by atoms with E-state index in [0.29, 0.717) is 17.8 Å². The van der Waals surface area contributed by atoms with Crippen molar-refractivity contribution in [1.29, 1.82) is 0 Å². The minimum Gasteiger partial charge on any atom is -0.493 e. The second-order valence-electron chi connectivity index (χ2n) is 5.65. The third-order valence-electron chi connectivity index (χ3n) is 3.75. The number of ether oxygens (including phenoxy) is 1. The zero-order chi connectivity index (χ0) is 15.1. The fourth-order valence-corrected chi connectivity index (χ4v) is 2.51. The van der Waals surface area contributed by atoms with E-state index in [-0.39, 0.29) is 0 Å². The lowest BCUT2D eigenvalue weighted by Gasteiger charge is -2.02. The van der Waals surface area contributed by atoms with Gasteiger partial charge in [0.2, 0.25) is 5.82 Å². The summed E-state index contributed by atoms with van der Waals surface area (Å²) in [6.07, 6.45) is 4.58. The highest BCUT2D eigenvalue weighted by molar-refractivity contribution is 5.61. The molecular formula is C16H16N4O2. The fraction of sp³-hybridized carbons (Fsp3) is 0.312. The van der Waals surface area contributed by atoms with Crippen LogP contribution in [0.15, 0.2) is 35.1 Å². The number of rotatable bonds is 3. The molecule has 6 heteroatoms. The molecule has 3 aromatic rings. The average Bonchev–Trinajstić information content (AvgIpc) is 3.25. The maximum Gasteiger partial charge on any atom is 0.261 e. The van der Waals surface area contributed by atoms with Crippen molar-refractivity contribution in [3.8, 4) is 28.6 Å². The van der Waals surface area contributed by atoms with Crippen LogP contribution in [0.2, 0.25) is 0 Å². The van der Waals surface area contributed by atoms with Gasteiger partial charge in [0.15, 0.2) is 0 Å². The molecule has 0 amide bonds. The van der Waals surface area contributed by atoms with Crippen LogP contribution in [0.3, 0.4) is 0 Å². The van der Waals surface area contributed by atoms with Crippen LogP contribution in [0, 0.1) is 0 Å². The number of aromatic nitrogens is 4. The number of benzene rings is 1. The summed E-state index contributed by atoms with van der Waals surface area (Å²) >= 11 is 0. The van der Waals surface area contributed by atoms with Crippen molar-refractivity contribution in [1.82, 2.24) is 19.9 Å². The third kappa shape index (κ3) is 2.16. The normalized spacial score (nSPS) is 13.4. The van der Waals surface area contributed by atoms with Crippen LogP contribution in [-0.2, 0) is 6.42 Å². The van der Waals surface area contributed by atoms with Gasteiger partial charge < -0.3 is 9.26 Å². The lowest BCUT2D eigenvalue weighted by atomic mass is 10.1.